The Morgan fingerprint density at radius 3 is 2.44 bits per heavy atom. The van der Waals surface area contributed by atoms with Gasteiger partial charge in [-0.25, -0.2) is 4.98 Å². The molecule has 8 heteroatoms. The quantitative estimate of drug-likeness (QED) is 0.877. The molecule has 1 aliphatic rings. The summed E-state index contributed by atoms with van der Waals surface area (Å²) in [5, 5.41) is 9.02. The number of aliphatic carboxylic acids is 1. The van der Waals surface area contributed by atoms with Gasteiger partial charge in [0.25, 0.3) is 5.91 Å². The molecule has 1 aromatic heterocycles. The van der Waals surface area contributed by atoms with E-state index in [2.05, 4.69) is 4.98 Å². The predicted molar refractivity (Wildman–Crippen MR) is 94.7 cm³/mol. The number of carbonyl (C=O) groups is 3. The molecule has 0 bridgehead atoms. The van der Waals surface area contributed by atoms with Crippen LogP contribution < -0.4 is 0 Å². The molecular weight excluding hydrogens is 342 g/mol. The highest BCUT2D eigenvalue weighted by molar-refractivity contribution is 7.11. The highest BCUT2D eigenvalue weighted by atomic mass is 32.1. The molecule has 1 N–H and O–H groups in total. The Balaban J connectivity index is 1.97. The van der Waals surface area contributed by atoms with Crippen LogP contribution >= 0.6 is 11.3 Å². The fraction of sp³-hybridized carbons (Fsp3) is 0.647. The SMILES string of the molecule is CN(CC(=O)N1CCC(C(=O)O)CC1)C(=O)c1scnc1C(C)(C)C. The molecule has 2 rings (SSSR count). The zero-order chi connectivity index (χ0) is 18.8. The first kappa shape index (κ1) is 19.4. The molecule has 2 amide bonds. The lowest BCUT2D eigenvalue weighted by molar-refractivity contribution is -0.145. The van der Waals surface area contributed by atoms with Crippen molar-refractivity contribution in [1.29, 1.82) is 0 Å². The summed E-state index contributed by atoms with van der Waals surface area (Å²) < 4.78 is 0. The third-order valence-electron chi connectivity index (χ3n) is 4.39. The normalized spacial score (nSPS) is 15.9. The molecule has 0 spiro atoms. The van der Waals surface area contributed by atoms with Gasteiger partial charge < -0.3 is 14.9 Å². The van der Waals surface area contributed by atoms with Gasteiger partial charge in [0.2, 0.25) is 5.91 Å². The van der Waals surface area contributed by atoms with Crippen molar-refractivity contribution in [2.24, 2.45) is 5.92 Å². The molecule has 0 saturated carbocycles. The molecule has 1 saturated heterocycles. The van der Waals surface area contributed by atoms with Crippen molar-refractivity contribution in [2.75, 3.05) is 26.7 Å². The molecule has 7 nitrogen and oxygen atoms in total. The predicted octanol–water partition coefficient (Wildman–Crippen LogP) is 1.84. The first-order valence-electron chi connectivity index (χ1n) is 8.31. The number of rotatable bonds is 4. The van der Waals surface area contributed by atoms with Gasteiger partial charge in [-0.05, 0) is 12.8 Å². The fourth-order valence-corrected chi connectivity index (χ4v) is 3.85. The molecule has 25 heavy (non-hydrogen) atoms. The number of thiazole rings is 1. The van der Waals surface area contributed by atoms with E-state index in [9.17, 15) is 14.4 Å². The number of carboxylic acid groups (broad SMARTS) is 1. The van der Waals surface area contributed by atoms with Crippen LogP contribution in [0.15, 0.2) is 5.51 Å². The molecule has 1 fully saturated rings. The molecule has 0 aliphatic carbocycles. The molecule has 1 aromatic rings. The van der Waals surface area contributed by atoms with Crippen molar-refractivity contribution < 1.29 is 19.5 Å². The van der Waals surface area contributed by atoms with Crippen molar-refractivity contribution in [2.45, 2.75) is 39.0 Å². The summed E-state index contributed by atoms with van der Waals surface area (Å²) in [6, 6.07) is 0. The van der Waals surface area contributed by atoms with Crippen LogP contribution in [0.1, 0.15) is 49.0 Å². The summed E-state index contributed by atoms with van der Waals surface area (Å²) in [6.07, 6.45) is 0.920. The molecule has 2 heterocycles. The number of hydrogen-bond acceptors (Lipinski definition) is 5. The first-order chi connectivity index (χ1) is 11.6. The van der Waals surface area contributed by atoms with Crippen LogP contribution in [0.3, 0.4) is 0 Å². The number of carboxylic acids is 1. The third-order valence-corrected chi connectivity index (χ3v) is 5.20. The van der Waals surface area contributed by atoms with E-state index >= 15 is 0 Å². The summed E-state index contributed by atoms with van der Waals surface area (Å²) in [6.45, 7) is 6.82. The van der Waals surface area contributed by atoms with E-state index in [1.807, 2.05) is 20.8 Å². The minimum absolute atomic E-state index is 0.0158. The summed E-state index contributed by atoms with van der Waals surface area (Å²) >= 11 is 1.29. The standard InChI is InChI=1S/C17H25N3O4S/c1-17(2,3)14-13(25-10-18-14)15(22)19(4)9-12(21)20-7-5-11(6-8-20)16(23)24/h10-11H,5-9H2,1-4H3,(H,23,24). The van der Waals surface area contributed by atoms with Gasteiger partial charge in [0.15, 0.2) is 0 Å². The smallest absolute Gasteiger partial charge is 0.306 e. The highest BCUT2D eigenvalue weighted by Gasteiger charge is 2.30. The number of amides is 2. The van der Waals surface area contributed by atoms with E-state index < -0.39 is 5.97 Å². The molecule has 0 aromatic carbocycles. The lowest BCUT2D eigenvalue weighted by Crippen LogP contribution is -2.45. The van der Waals surface area contributed by atoms with Crippen molar-refractivity contribution in [3.05, 3.63) is 16.1 Å². The molecular formula is C17H25N3O4S. The van der Waals surface area contributed by atoms with Gasteiger partial charge >= 0.3 is 5.97 Å². The van der Waals surface area contributed by atoms with Crippen molar-refractivity contribution in [1.82, 2.24) is 14.8 Å². The zero-order valence-electron chi connectivity index (χ0n) is 15.1. The van der Waals surface area contributed by atoms with E-state index in [1.54, 1.807) is 17.5 Å². The molecule has 0 atom stereocenters. The molecule has 0 unspecified atom stereocenters. The second-order valence-corrected chi connectivity index (χ2v) is 8.29. The van der Waals surface area contributed by atoms with Gasteiger partial charge in [0.05, 0.1) is 23.7 Å². The topological polar surface area (TPSA) is 90.8 Å². The van der Waals surface area contributed by atoms with E-state index in [4.69, 9.17) is 5.11 Å². The average Bonchev–Trinajstić information content (AvgIpc) is 3.03. The van der Waals surface area contributed by atoms with Crippen LogP contribution in [0.2, 0.25) is 0 Å². The van der Waals surface area contributed by atoms with Crippen LogP contribution in [0, 0.1) is 5.92 Å². The lowest BCUT2D eigenvalue weighted by atomic mass is 9.91. The van der Waals surface area contributed by atoms with Crippen LogP contribution in [-0.2, 0) is 15.0 Å². The Hall–Kier alpha value is -1.96. The van der Waals surface area contributed by atoms with Crippen LogP contribution in [0.25, 0.3) is 0 Å². The maximum absolute atomic E-state index is 12.7. The average molecular weight is 367 g/mol. The second-order valence-electron chi connectivity index (χ2n) is 7.43. The number of likely N-dealkylation sites (tertiary alicyclic amines) is 1. The number of carbonyl (C=O) groups excluding carboxylic acids is 2. The minimum Gasteiger partial charge on any atom is -0.481 e. The number of likely N-dealkylation sites (N-methyl/N-ethyl adjacent to an activating group) is 1. The lowest BCUT2D eigenvalue weighted by Gasteiger charge is -2.31. The number of aromatic nitrogens is 1. The summed E-state index contributed by atoms with van der Waals surface area (Å²) in [7, 11) is 1.61. The Morgan fingerprint density at radius 2 is 1.92 bits per heavy atom. The Kier molecular flexibility index (Phi) is 5.82. The zero-order valence-corrected chi connectivity index (χ0v) is 15.9. The van der Waals surface area contributed by atoms with Crippen molar-refractivity contribution >= 4 is 29.1 Å². The van der Waals surface area contributed by atoms with Crippen molar-refractivity contribution in [3.63, 3.8) is 0 Å². The van der Waals surface area contributed by atoms with Crippen LogP contribution in [-0.4, -0.2) is 64.4 Å². The Morgan fingerprint density at radius 1 is 1.32 bits per heavy atom. The number of nitrogens with zero attached hydrogens (tertiary/aromatic N) is 3. The van der Waals surface area contributed by atoms with Crippen LogP contribution in [0.5, 0.6) is 0 Å². The summed E-state index contributed by atoms with van der Waals surface area (Å²) in [5.74, 6) is -1.54. The van der Waals surface area contributed by atoms with E-state index in [0.717, 1.165) is 5.69 Å². The van der Waals surface area contributed by atoms with E-state index in [1.165, 1.54) is 16.2 Å². The van der Waals surface area contributed by atoms with E-state index in [0.29, 0.717) is 30.8 Å². The molecule has 0 radical (unpaired) electrons. The number of hydrogen-bond donors (Lipinski definition) is 1. The van der Waals surface area contributed by atoms with Gasteiger partial charge in [-0.2, -0.15) is 0 Å². The van der Waals surface area contributed by atoms with E-state index in [-0.39, 0.29) is 29.7 Å². The Bertz CT molecular complexity index is 657. The monoisotopic (exact) mass is 367 g/mol. The largest absolute Gasteiger partial charge is 0.481 e. The van der Waals surface area contributed by atoms with Crippen molar-refractivity contribution in [3.8, 4) is 0 Å². The summed E-state index contributed by atoms with van der Waals surface area (Å²) in [4.78, 5) is 44.0. The van der Waals surface area contributed by atoms with Gasteiger partial charge in [0, 0.05) is 25.6 Å². The minimum atomic E-state index is -0.806. The highest BCUT2D eigenvalue weighted by Crippen LogP contribution is 2.28. The van der Waals surface area contributed by atoms with Gasteiger partial charge in [0.1, 0.15) is 4.88 Å². The number of piperidine rings is 1. The van der Waals surface area contributed by atoms with Gasteiger partial charge in [-0.3, -0.25) is 14.4 Å². The summed E-state index contributed by atoms with van der Waals surface area (Å²) in [5.41, 5.74) is 2.15. The third kappa shape index (κ3) is 4.56. The Labute approximate surface area is 151 Å². The van der Waals surface area contributed by atoms with Gasteiger partial charge in [-0.15, -0.1) is 11.3 Å². The second kappa shape index (κ2) is 7.51. The molecule has 1 aliphatic heterocycles. The maximum Gasteiger partial charge on any atom is 0.306 e. The maximum atomic E-state index is 12.7. The van der Waals surface area contributed by atoms with Crippen LogP contribution in [0.4, 0.5) is 0 Å². The fourth-order valence-electron chi connectivity index (χ4n) is 2.86. The van der Waals surface area contributed by atoms with Gasteiger partial charge in [-0.1, -0.05) is 20.8 Å². The first-order valence-corrected chi connectivity index (χ1v) is 9.19. The molecule has 138 valence electrons.